The Labute approximate surface area is 182 Å². The SMILES string of the molecule is Cc1c(C#N)cccc1[C@@H](C)Nc1nnc(C)c2cnc(N3CC4(CN(C)C4)C3)cc12. The lowest BCUT2D eigenvalue weighted by atomic mass is 9.73. The summed E-state index contributed by atoms with van der Waals surface area (Å²) in [5, 5.41) is 23.8. The summed E-state index contributed by atoms with van der Waals surface area (Å²) >= 11 is 0. The largest absolute Gasteiger partial charge is 0.362 e. The standard InChI is InChI=1S/C24H27N7/c1-15-18(9-25)6-5-7-19(15)16(2)27-23-20-8-22(26-10-21(20)17(3)28-29-23)31-13-24(14-31)11-30(4)12-24/h5-8,10,16H,11-14H2,1-4H3,(H,27,29)/t16-/m1/s1. The fourth-order valence-electron chi connectivity index (χ4n) is 5.19. The van der Waals surface area contributed by atoms with Crippen LogP contribution in [0, 0.1) is 30.6 Å². The maximum atomic E-state index is 9.36. The first-order valence-corrected chi connectivity index (χ1v) is 10.7. The molecule has 1 atom stereocenters. The molecule has 2 aliphatic rings. The summed E-state index contributed by atoms with van der Waals surface area (Å²) in [5.74, 6) is 1.75. The minimum Gasteiger partial charge on any atom is -0.362 e. The molecule has 0 unspecified atom stereocenters. The fourth-order valence-corrected chi connectivity index (χ4v) is 5.19. The van der Waals surface area contributed by atoms with Crippen molar-refractivity contribution in [1.29, 1.82) is 5.26 Å². The third-order valence-corrected chi connectivity index (χ3v) is 6.74. The van der Waals surface area contributed by atoms with Crippen LogP contribution in [0.2, 0.25) is 0 Å². The van der Waals surface area contributed by atoms with Crippen LogP contribution in [-0.4, -0.2) is 53.3 Å². The molecule has 7 nitrogen and oxygen atoms in total. The monoisotopic (exact) mass is 413 g/mol. The van der Waals surface area contributed by atoms with Crippen molar-refractivity contribution < 1.29 is 0 Å². The van der Waals surface area contributed by atoms with Crippen LogP contribution in [0.1, 0.15) is 35.3 Å². The first kappa shape index (κ1) is 19.7. The van der Waals surface area contributed by atoms with Gasteiger partial charge in [0.1, 0.15) is 5.82 Å². The van der Waals surface area contributed by atoms with E-state index in [0.717, 1.165) is 52.3 Å². The number of pyridine rings is 1. The van der Waals surface area contributed by atoms with E-state index in [4.69, 9.17) is 4.98 Å². The van der Waals surface area contributed by atoms with E-state index in [1.807, 2.05) is 32.2 Å². The number of rotatable bonds is 4. The van der Waals surface area contributed by atoms with Crippen LogP contribution >= 0.6 is 0 Å². The number of hydrogen-bond donors (Lipinski definition) is 1. The summed E-state index contributed by atoms with van der Waals surface area (Å²) in [5.41, 5.74) is 4.11. The van der Waals surface area contributed by atoms with E-state index in [9.17, 15) is 5.26 Å². The summed E-state index contributed by atoms with van der Waals surface area (Å²) in [6, 6.07) is 10.2. The van der Waals surface area contributed by atoms with Crippen molar-refractivity contribution in [2.75, 3.05) is 43.4 Å². The van der Waals surface area contributed by atoms with Gasteiger partial charge in [-0.3, -0.25) is 0 Å². The predicted octanol–water partition coefficient (Wildman–Crippen LogP) is 3.44. The Kier molecular flexibility index (Phi) is 4.56. The molecule has 158 valence electrons. The Morgan fingerprint density at radius 2 is 1.90 bits per heavy atom. The third kappa shape index (κ3) is 3.28. The van der Waals surface area contributed by atoms with Gasteiger partial charge in [0.2, 0.25) is 0 Å². The minimum absolute atomic E-state index is 0.0112. The Balaban J connectivity index is 1.45. The average molecular weight is 414 g/mol. The predicted molar refractivity (Wildman–Crippen MR) is 122 cm³/mol. The van der Waals surface area contributed by atoms with Gasteiger partial charge in [-0.25, -0.2) is 4.98 Å². The van der Waals surface area contributed by atoms with Gasteiger partial charge in [0.05, 0.1) is 23.4 Å². The van der Waals surface area contributed by atoms with Crippen LogP contribution in [0.5, 0.6) is 0 Å². The first-order valence-electron chi connectivity index (χ1n) is 10.7. The highest BCUT2D eigenvalue weighted by molar-refractivity contribution is 5.94. The van der Waals surface area contributed by atoms with Crippen LogP contribution in [0.4, 0.5) is 11.6 Å². The number of nitriles is 1. The zero-order chi connectivity index (χ0) is 21.8. The molecule has 0 radical (unpaired) electrons. The van der Waals surface area contributed by atoms with Crippen molar-refractivity contribution in [3.63, 3.8) is 0 Å². The Morgan fingerprint density at radius 3 is 2.61 bits per heavy atom. The van der Waals surface area contributed by atoms with Crippen molar-refractivity contribution in [2.45, 2.75) is 26.8 Å². The van der Waals surface area contributed by atoms with Gasteiger partial charge in [0.25, 0.3) is 0 Å². The van der Waals surface area contributed by atoms with Gasteiger partial charge in [-0.15, -0.1) is 5.10 Å². The molecule has 1 N–H and O–H groups in total. The Morgan fingerprint density at radius 1 is 1.13 bits per heavy atom. The zero-order valence-corrected chi connectivity index (χ0v) is 18.5. The molecular formula is C24H27N7. The van der Waals surface area contributed by atoms with Gasteiger partial charge in [-0.1, -0.05) is 12.1 Å². The quantitative estimate of drug-likeness (QED) is 0.702. The number of nitrogens with one attached hydrogen (secondary N) is 1. The highest BCUT2D eigenvalue weighted by Crippen LogP contribution is 2.41. The van der Waals surface area contributed by atoms with Crippen molar-refractivity contribution in [1.82, 2.24) is 20.1 Å². The molecule has 0 bridgehead atoms. The van der Waals surface area contributed by atoms with E-state index >= 15 is 0 Å². The molecule has 0 saturated carbocycles. The van der Waals surface area contributed by atoms with Gasteiger partial charge in [0, 0.05) is 48.6 Å². The van der Waals surface area contributed by atoms with E-state index in [1.165, 1.54) is 13.1 Å². The topological polar surface area (TPSA) is 81.0 Å². The summed E-state index contributed by atoms with van der Waals surface area (Å²) < 4.78 is 0. The minimum atomic E-state index is -0.0112. The fraction of sp³-hybridized carbons (Fsp3) is 0.417. The lowest BCUT2D eigenvalue weighted by Gasteiger charge is -2.59. The van der Waals surface area contributed by atoms with Crippen LogP contribution in [0.15, 0.2) is 30.5 Å². The number of benzene rings is 1. The zero-order valence-electron chi connectivity index (χ0n) is 18.5. The lowest BCUT2D eigenvalue weighted by molar-refractivity contribution is -0.00278. The van der Waals surface area contributed by atoms with Crippen molar-refractivity contribution >= 4 is 22.4 Å². The number of anilines is 2. The van der Waals surface area contributed by atoms with Gasteiger partial charge < -0.3 is 15.1 Å². The van der Waals surface area contributed by atoms with Crippen molar-refractivity contribution in [3.05, 3.63) is 52.8 Å². The summed E-state index contributed by atoms with van der Waals surface area (Å²) in [4.78, 5) is 9.46. The van der Waals surface area contributed by atoms with Gasteiger partial charge in [-0.05, 0) is 51.1 Å². The van der Waals surface area contributed by atoms with Crippen LogP contribution in [0.25, 0.3) is 10.8 Å². The van der Waals surface area contributed by atoms with Crippen LogP contribution < -0.4 is 10.2 Å². The Bertz CT molecular complexity index is 1200. The second-order valence-corrected chi connectivity index (χ2v) is 9.25. The number of hydrogen-bond acceptors (Lipinski definition) is 7. The number of aromatic nitrogens is 3. The van der Waals surface area contributed by atoms with Gasteiger partial charge in [-0.2, -0.15) is 10.4 Å². The second-order valence-electron chi connectivity index (χ2n) is 9.25. The number of nitrogens with zero attached hydrogens (tertiary/aromatic N) is 6. The van der Waals surface area contributed by atoms with Crippen LogP contribution in [-0.2, 0) is 0 Å². The molecule has 1 spiro atoms. The van der Waals surface area contributed by atoms with E-state index in [0.29, 0.717) is 11.0 Å². The molecule has 2 saturated heterocycles. The van der Waals surface area contributed by atoms with Crippen LogP contribution in [0.3, 0.4) is 0 Å². The molecule has 0 amide bonds. The smallest absolute Gasteiger partial charge is 0.157 e. The van der Waals surface area contributed by atoms with Gasteiger partial charge in [0.15, 0.2) is 5.82 Å². The molecular weight excluding hydrogens is 386 g/mol. The van der Waals surface area contributed by atoms with Crippen molar-refractivity contribution in [3.8, 4) is 6.07 Å². The first-order chi connectivity index (χ1) is 14.9. The number of aryl methyl sites for hydroxylation is 1. The third-order valence-electron chi connectivity index (χ3n) is 6.74. The van der Waals surface area contributed by atoms with E-state index in [1.54, 1.807) is 0 Å². The summed E-state index contributed by atoms with van der Waals surface area (Å²) in [7, 11) is 2.18. The highest BCUT2D eigenvalue weighted by Gasteiger charge is 2.50. The maximum absolute atomic E-state index is 9.36. The molecule has 4 heterocycles. The molecule has 2 aliphatic heterocycles. The summed E-state index contributed by atoms with van der Waals surface area (Å²) in [6.45, 7) is 10.5. The van der Waals surface area contributed by atoms with E-state index in [2.05, 4.69) is 57.5 Å². The molecule has 1 aromatic carbocycles. The molecule has 2 aromatic heterocycles. The lowest BCUT2D eigenvalue weighted by Crippen LogP contribution is -2.71. The highest BCUT2D eigenvalue weighted by atomic mass is 15.3. The van der Waals surface area contributed by atoms with E-state index < -0.39 is 0 Å². The maximum Gasteiger partial charge on any atom is 0.157 e. The average Bonchev–Trinajstić information content (AvgIpc) is 2.71. The van der Waals surface area contributed by atoms with E-state index in [-0.39, 0.29) is 6.04 Å². The molecule has 3 aromatic rings. The molecule has 0 aliphatic carbocycles. The van der Waals surface area contributed by atoms with Gasteiger partial charge >= 0.3 is 0 Å². The molecule has 5 rings (SSSR count). The molecule has 2 fully saturated rings. The number of fused-ring (bicyclic) bond motifs is 1. The second kappa shape index (κ2) is 7.17. The molecule has 7 heteroatoms. The van der Waals surface area contributed by atoms with Crippen molar-refractivity contribution in [2.24, 2.45) is 5.41 Å². The summed E-state index contributed by atoms with van der Waals surface area (Å²) in [6.07, 6.45) is 1.92. The normalized spacial score (nSPS) is 18.4. The number of likely N-dealkylation sites (tertiary alicyclic amines) is 1. The Hall–Kier alpha value is -3.24. The molecule has 31 heavy (non-hydrogen) atoms.